The Morgan fingerprint density at radius 2 is 2.35 bits per heavy atom. The molecular formula is C13H17N3S. The molecule has 1 aliphatic carbocycles. The highest BCUT2D eigenvalue weighted by atomic mass is 32.1. The number of nitrogens with zero attached hydrogens (tertiary/aromatic N) is 3. The van der Waals surface area contributed by atoms with Crippen LogP contribution in [0.3, 0.4) is 0 Å². The van der Waals surface area contributed by atoms with Gasteiger partial charge in [0.15, 0.2) is 0 Å². The summed E-state index contributed by atoms with van der Waals surface area (Å²) in [5.74, 6) is 0. The van der Waals surface area contributed by atoms with Crippen molar-refractivity contribution in [2.45, 2.75) is 39.2 Å². The topological polar surface area (TPSA) is 30.7 Å². The first-order valence-electron chi connectivity index (χ1n) is 6.10. The maximum Gasteiger partial charge on any atom is 0.122 e. The predicted molar refractivity (Wildman–Crippen MR) is 70.0 cm³/mol. The Bertz CT molecular complexity index is 498. The number of rotatable bonds is 2. The molecule has 17 heavy (non-hydrogen) atoms. The fraction of sp³-hybridized carbons (Fsp3) is 0.538. The molecule has 0 amide bonds. The van der Waals surface area contributed by atoms with Gasteiger partial charge in [0, 0.05) is 0 Å². The number of thiophene rings is 1. The highest BCUT2D eigenvalue weighted by Crippen LogP contribution is 2.43. The molecule has 1 fully saturated rings. The third-order valence-electron chi connectivity index (χ3n) is 3.60. The van der Waals surface area contributed by atoms with Gasteiger partial charge in [0.2, 0.25) is 0 Å². The molecule has 0 aliphatic heterocycles. The van der Waals surface area contributed by atoms with Crippen LogP contribution in [0.4, 0.5) is 0 Å². The van der Waals surface area contributed by atoms with Crippen molar-refractivity contribution in [1.29, 1.82) is 0 Å². The monoisotopic (exact) mass is 247 g/mol. The fourth-order valence-corrected chi connectivity index (χ4v) is 3.29. The van der Waals surface area contributed by atoms with Gasteiger partial charge in [-0.15, -0.1) is 16.4 Å². The lowest BCUT2D eigenvalue weighted by Gasteiger charge is -2.16. The van der Waals surface area contributed by atoms with Gasteiger partial charge in [-0.05, 0) is 36.1 Å². The molecule has 0 radical (unpaired) electrons. The van der Waals surface area contributed by atoms with Crippen molar-refractivity contribution in [3.05, 3.63) is 23.7 Å². The third kappa shape index (κ3) is 2.14. The molecule has 0 aromatic carbocycles. The molecule has 1 saturated carbocycles. The minimum absolute atomic E-state index is 0.458. The fourth-order valence-electron chi connectivity index (χ4n) is 2.62. The Labute approximate surface area is 105 Å². The minimum atomic E-state index is 0.458. The second-order valence-electron chi connectivity index (χ2n) is 5.62. The van der Waals surface area contributed by atoms with Gasteiger partial charge in [0.25, 0.3) is 0 Å². The molecule has 3 rings (SSSR count). The molecule has 1 unspecified atom stereocenters. The van der Waals surface area contributed by atoms with Crippen molar-refractivity contribution in [3.63, 3.8) is 0 Å². The van der Waals surface area contributed by atoms with Gasteiger partial charge in [-0.3, -0.25) is 0 Å². The first-order chi connectivity index (χ1) is 8.14. The Hall–Kier alpha value is -1.16. The minimum Gasteiger partial charge on any atom is -0.249 e. The molecule has 0 saturated heterocycles. The molecule has 3 nitrogen and oxygen atoms in total. The van der Waals surface area contributed by atoms with E-state index in [1.165, 1.54) is 24.1 Å². The summed E-state index contributed by atoms with van der Waals surface area (Å²) in [5, 5.41) is 10.6. The van der Waals surface area contributed by atoms with Crippen LogP contribution in [0.15, 0.2) is 23.7 Å². The van der Waals surface area contributed by atoms with Gasteiger partial charge in [0.05, 0.1) is 17.1 Å². The molecule has 90 valence electrons. The van der Waals surface area contributed by atoms with Gasteiger partial charge in [0.1, 0.15) is 5.69 Å². The standard InChI is InChI=1S/C13H17N3S/c1-13(2)6-5-10(8-13)16-9-11(14-15-16)12-4-3-7-17-12/h3-4,7,9-10H,5-6,8H2,1-2H3. The molecule has 2 heterocycles. The third-order valence-corrected chi connectivity index (χ3v) is 4.49. The van der Waals surface area contributed by atoms with Crippen LogP contribution in [0.2, 0.25) is 0 Å². The summed E-state index contributed by atoms with van der Waals surface area (Å²) in [6.07, 6.45) is 5.81. The van der Waals surface area contributed by atoms with Crippen molar-refractivity contribution < 1.29 is 0 Å². The molecule has 2 aromatic heterocycles. The van der Waals surface area contributed by atoms with E-state index >= 15 is 0 Å². The van der Waals surface area contributed by atoms with Crippen molar-refractivity contribution in [3.8, 4) is 10.6 Å². The second kappa shape index (κ2) is 3.95. The normalized spacial score (nSPS) is 23.1. The van der Waals surface area contributed by atoms with E-state index in [9.17, 15) is 0 Å². The Morgan fingerprint density at radius 3 is 3.00 bits per heavy atom. The number of hydrogen-bond donors (Lipinski definition) is 0. The Kier molecular flexibility index (Phi) is 2.54. The van der Waals surface area contributed by atoms with Crippen LogP contribution in [0.25, 0.3) is 10.6 Å². The van der Waals surface area contributed by atoms with Crippen molar-refractivity contribution in [2.24, 2.45) is 5.41 Å². The predicted octanol–water partition coefficient (Wildman–Crippen LogP) is 3.76. The summed E-state index contributed by atoms with van der Waals surface area (Å²) < 4.78 is 2.06. The lowest BCUT2D eigenvalue weighted by Crippen LogP contribution is -2.09. The van der Waals surface area contributed by atoms with Gasteiger partial charge < -0.3 is 0 Å². The van der Waals surface area contributed by atoms with Crippen LogP contribution < -0.4 is 0 Å². The molecule has 0 bridgehead atoms. The summed E-state index contributed by atoms with van der Waals surface area (Å²) in [4.78, 5) is 1.20. The van der Waals surface area contributed by atoms with Crippen molar-refractivity contribution in [1.82, 2.24) is 15.0 Å². The van der Waals surface area contributed by atoms with E-state index in [0.29, 0.717) is 11.5 Å². The van der Waals surface area contributed by atoms with Crippen LogP contribution in [-0.2, 0) is 0 Å². The van der Waals surface area contributed by atoms with E-state index in [1.54, 1.807) is 11.3 Å². The summed E-state index contributed by atoms with van der Waals surface area (Å²) in [6, 6.07) is 4.68. The number of hydrogen-bond acceptors (Lipinski definition) is 3. The maximum absolute atomic E-state index is 4.29. The zero-order valence-electron chi connectivity index (χ0n) is 10.3. The first-order valence-corrected chi connectivity index (χ1v) is 6.98. The summed E-state index contributed by atoms with van der Waals surface area (Å²) in [6.45, 7) is 4.67. The van der Waals surface area contributed by atoms with Gasteiger partial charge in [-0.25, -0.2) is 4.68 Å². The largest absolute Gasteiger partial charge is 0.249 e. The van der Waals surface area contributed by atoms with Crippen molar-refractivity contribution in [2.75, 3.05) is 0 Å². The van der Waals surface area contributed by atoms with E-state index in [-0.39, 0.29) is 0 Å². The summed E-state index contributed by atoms with van der Waals surface area (Å²) in [5.41, 5.74) is 1.46. The molecule has 1 aliphatic rings. The van der Waals surface area contributed by atoms with E-state index < -0.39 is 0 Å². The lowest BCUT2D eigenvalue weighted by molar-refractivity contribution is 0.347. The molecule has 0 N–H and O–H groups in total. The quantitative estimate of drug-likeness (QED) is 0.809. The van der Waals surface area contributed by atoms with E-state index in [4.69, 9.17) is 0 Å². The smallest absolute Gasteiger partial charge is 0.122 e. The summed E-state index contributed by atoms with van der Waals surface area (Å²) in [7, 11) is 0. The Morgan fingerprint density at radius 1 is 1.47 bits per heavy atom. The highest BCUT2D eigenvalue weighted by molar-refractivity contribution is 7.13. The SMILES string of the molecule is CC1(C)CCC(n2cc(-c3cccs3)nn2)C1. The maximum atomic E-state index is 4.29. The summed E-state index contributed by atoms with van der Waals surface area (Å²) >= 11 is 1.72. The molecule has 0 spiro atoms. The lowest BCUT2D eigenvalue weighted by atomic mass is 9.92. The zero-order chi connectivity index (χ0) is 11.9. The van der Waals surface area contributed by atoms with Crippen molar-refractivity contribution >= 4 is 11.3 Å². The van der Waals surface area contributed by atoms with Gasteiger partial charge in [-0.2, -0.15) is 0 Å². The average Bonchev–Trinajstić information content (AvgIpc) is 2.93. The molecule has 2 aromatic rings. The van der Waals surface area contributed by atoms with Crippen LogP contribution >= 0.6 is 11.3 Å². The molecular weight excluding hydrogens is 230 g/mol. The highest BCUT2D eigenvalue weighted by Gasteiger charge is 2.32. The molecule has 4 heteroatoms. The van der Waals surface area contributed by atoms with Crippen LogP contribution in [-0.4, -0.2) is 15.0 Å². The van der Waals surface area contributed by atoms with Crippen LogP contribution in [0.1, 0.15) is 39.2 Å². The zero-order valence-corrected chi connectivity index (χ0v) is 11.1. The van der Waals surface area contributed by atoms with Gasteiger partial charge >= 0.3 is 0 Å². The van der Waals surface area contributed by atoms with Crippen LogP contribution in [0, 0.1) is 5.41 Å². The van der Waals surface area contributed by atoms with E-state index in [1.807, 2.05) is 0 Å². The first kappa shape index (κ1) is 11.0. The van der Waals surface area contributed by atoms with Gasteiger partial charge in [-0.1, -0.05) is 25.1 Å². The van der Waals surface area contributed by atoms with E-state index in [2.05, 4.69) is 52.6 Å². The molecule has 1 atom stereocenters. The number of aromatic nitrogens is 3. The Balaban J connectivity index is 1.82. The van der Waals surface area contributed by atoms with Crippen LogP contribution in [0.5, 0.6) is 0 Å². The average molecular weight is 247 g/mol. The van der Waals surface area contributed by atoms with E-state index in [0.717, 1.165) is 5.69 Å². The second-order valence-corrected chi connectivity index (χ2v) is 6.57.